The highest BCUT2D eigenvalue weighted by atomic mass is 35.5. The summed E-state index contributed by atoms with van der Waals surface area (Å²) in [7, 11) is 3.25. The van der Waals surface area contributed by atoms with E-state index in [4.69, 9.17) is 9.47 Å². The van der Waals surface area contributed by atoms with Crippen LogP contribution in [0.25, 0.3) is 0 Å². The summed E-state index contributed by atoms with van der Waals surface area (Å²) in [5.41, 5.74) is 0.831. The van der Waals surface area contributed by atoms with Gasteiger partial charge < -0.3 is 9.47 Å². The van der Waals surface area contributed by atoms with Crippen molar-refractivity contribution in [1.82, 2.24) is 4.98 Å². The molecule has 0 fully saturated rings. The van der Waals surface area contributed by atoms with Crippen LogP contribution in [0, 0.1) is 0 Å². The van der Waals surface area contributed by atoms with Crippen molar-refractivity contribution in [1.29, 1.82) is 0 Å². The number of ether oxygens (including phenoxy) is 2. The summed E-state index contributed by atoms with van der Waals surface area (Å²) in [4.78, 5) is 4.09. The van der Waals surface area contributed by atoms with E-state index in [1.165, 1.54) is 0 Å². The molecule has 3 nitrogen and oxygen atoms in total. The molecule has 0 aliphatic carbocycles. The summed E-state index contributed by atoms with van der Waals surface area (Å²) in [5.74, 6) is 0.773. The Morgan fingerprint density at radius 1 is 1.42 bits per heavy atom. The maximum atomic E-state index is 5.06. The maximum absolute atomic E-state index is 5.06. The third kappa shape index (κ3) is 2.68. The van der Waals surface area contributed by atoms with E-state index in [9.17, 15) is 0 Å². The zero-order valence-electron chi connectivity index (χ0n) is 7.11. The molecule has 0 amide bonds. The summed E-state index contributed by atoms with van der Waals surface area (Å²) in [6.07, 6.45) is 1.72. The van der Waals surface area contributed by atoms with Crippen molar-refractivity contribution < 1.29 is 9.47 Å². The van der Waals surface area contributed by atoms with Gasteiger partial charge in [0, 0.05) is 13.3 Å². The molecular weight excluding hydrogens is 178 g/mol. The Kier molecular flexibility index (Phi) is 5.41. The monoisotopic (exact) mass is 189 g/mol. The Bertz CT molecular complexity index is 230. The van der Waals surface area contributed by atoms with E-state index in [2.05, 4.69) is 4.98 Å². The SMILES string of the molecule is COCc1ncccc1OC.Cl. The van der Waals surface area contributed by atoms with Gasteiger partial charge in [-0.3, -0.25) is 4.98 Å². The van der Waals surface area contributed by atoms with E-state index in [-0.39, 0.29) is 12.4 Å². The quantitative estimate of drug-likeness (QED) is 0.725. The second-order valence-electron chi connectivity index (χ2n) is 2.09. The molecule has 0 bridgehead atoms. The Morgan fingerprint density at radius 3 is 2.75 bits per heavy atom. The molecule has 12 heavy (non-hydrogen) atoms. The fourth-order valence-corrected chi connectivity index (χ4v) is 0.854. The lowest BCUT2D eigenvalue weighted by Gasteiger charge is -2.04. The van der Waals surface area contributed by atoms with Crippen molar-refractivity contribution in [2.45, 2.75) is 6.61 Å². The minimum atomic E-state index is 0. The van der Waals surface area contributed by atoms with Crippen molar-refractivity contribution >= 4 is 12.4 Å². The first-order valence-corrected chi connectivity index (χ1v) is 3.35. The molecule has 1 heterocycles. The van der Waals surface area contributed by atoms with Gasteiger partial charge >= 0.3 is 0 Å². The van der Waals surface area contributed by atoms with Gasteiger partial charge in [0.2, 0.25) is 0 Å². The van der Waals surface area contributed by atoms with Gasteiger partial charge in [-0.05, 0) is 12.1 Å². The molecule has 1 rings (SSSR count). The van der Waals surface area contributed by atoms with Gasteiger partial charge in [0.25, 0.3) is 0 Å². The average Bonchev–Trinajstić information content (AvgIpc) is 2.06. The summed E-state index contributed by atoms with van der Waals surface area (Å²) in [6.45, 7) is 0.490. The summed E-state index contributed by atoms with van der Waals surface area (Å²) in [5, 5.41) is 0. The zero-order chi connectivity index (χ0) is 8.10. The van der Waals surface area contributed by atoms with Crippen LogP contribution in [-0.4, -0.2) is 19.2 Å². The van der Waals surface area contributed by atoms with Gasteiger partial charge in [0.15, 0.2) is 0 Å². The molecule has 0 unspecified atom stereocenters. The van der Waals surface area contributed by atoms with Crippen LogP contribution < -0.4 is 4.74 Å². The van der Waals surface area contributed by atoms with Crippen LogP contribution in [-0.2, 0) is 11.3 Å². The third-order valence-electron chi connectivity index (χ3n) is 1.35. The van der Waals surface area contributed by atoms with Crippen LogP contribution in [0.3, 0.4) is 0 Å². The van der Waals surface area contributed by atoms with Gasteiger partial charge in [0.05, 0.1) is 13.7 Å². The van der Waals surface area contributed by atoms with Crippen molar-refractivity contribution in [2.75, 3.05) is 14.2 Å². The first kappa shape index (κ1) is 11.2. The standard InChI is InChI=1S/C8H11NO2.ClH/c1-10-6-7-8(11-2)4-3-5-9-7;/h3-5H,6H2,1-2H3;1H. The Hall–Kier alpha value is -0.800. The molecule has 0 atom stereocenters. The molecule has 0 spiro atoms. The van der Waals surface area contributed by atoms with E-state index in [0.29, 0.717) is 6.61 Å². The lowest BCUT2D eigenvalue weighted by atomic mass is 10.3. The minimum Gasteiger partial charge on any atom is -0.495 e. The first-order valence-electron chi connectivity index (χ1n) is 3.35. The van der Waals surface area contributed by atoms with Gasteiger partial charge in [-0.1, -0.05) is 0 Å². The van der Waals surface area contributed by atoms with Gasteiger partial charge in [-0.2, -0.15) is 0 Å². The highest BCUT2D eigenvalue weighted by Gasteiger charge is 2.00. The van der Waals surface area contributed by atoms with Gasteiger partial charge in [-0.15, -0.1) is 12.4 Å². The number of nitrogens with zero attached hydrogens (tertiary/aromatic N) is 1. The fourth-order valence-electron chi connectivity index (χ4n) is 0.854. The molecule has 0 aliphatic rings. The molecule has 1 aromatic heterocycles. The largest absolute Gasteiger partial charge is 0.495 e. The molecule has 1 aromatic rings. The summed E-state index contributed by atoms with van der Waals surface area (Å²) in [6, 6.07) is 3.69. The molecule has 68 valence electrons. The minimum absolute atomic E-state index is 0. The Morgan fingerprint density at radius 2 is 2.17 bits per heavy atom. The molecule has 0 saturated carbocycles. The molecule has 4 heteroatoms. The van der Waals surface area contributed by atoms with Crippen LogP contribution >= 0.6 is 12.4 Å². The lowest BCUT2D eigenvalue weighted by Crippen LogP contribution is -1.96. The predicted octanol–water partition coefficient (Wildman–Crippen LogP) is 1.66. The highest BCUT2D eigenvalue weighted by molar-refractivity contribution is 5.85. The second-order valence-corrected chi connectivity index (χ2v) is 2.09. The van der Waals surface area contributed by atoms with Crippen molar-refractivity contribution in [3.05, 3.63) is 24.0 Å². The van der Waals surface area contributed by atoms with E-state index in [1.807, 2.05) is 12.1 Å². The molecule has 0 saturated heterocycles. The Labute approximate surface area is 78.1 Å². The third-order valence-corrected chi connectivity index (χ3v) is 1.35. The second kappa shape index (κ2) is 5.80. The number of hydrogen-bond acceptors (Lipinski definition) is 3. The fraction of sp³-hybridized carbons (Fsp3) is 0.375. The van der Waals surface area contributed by atoms with Crippen molar-refractivity contribution in [3.63, 3.8) is 0 Å². The predicted molar refractivity (Wildman–Crippen MR) is 48.8 cm³/mol. The normalized spacial score (nSPS) is 8.83. The van der Waals surface area contributed by atoms with E-state index in [1.54, 1.807) is 20.4 Å². The van der Waals surface area contributed by atoms with Crippen LogP contribution in [0.2, 0.25) is 0 Å². The topological polar surface area (TPSA) is 31.4 Å². The zero-order valence-corrected chi connectivity index (χ0v) is 7.93. The van der Waals surface area contributed by atoms with E-state index >= 15 is 0 Å². The van der Waals surface area contributed by atoms with Crippen LogP contribution in [0.4, 0.5) is 0 Å². The van der Waals surface area contributed by atoms with E-state index < -0.39 is 0 Å². The number of methoxy groups -OCH3 is 2. The van der Waals surface area contributed by atoms with Crippen molar-refractivity contribution in [2.24, 2.45) is 0 Å². The van der Waals surface area contributed by atoms with Crippen molar-refractivity contribution in [3.8, 4) is 5.75 Å². The smallest absolute Gasteiger partial charge is 0.142 e. The van der Waals surface area contributed by atoms with Gasteiger partial charge in [-0.25, -0.2) is 0 Å². The number of rotatable bonds is 3. The molecule has 0 aliphatic heterocycles. The summed E-state index contributed by atoms with van der Waals surface area (Å²) < 4.78 is 9.98. The highest BCUT2D eigenvalue weighted by Crippen LogP contribution is 2.14. The first-order chi connectivity index (χ1) is 5.38. The molecule has 0 radical (unpaired) electrons. The maximum Gasteiger partial charge on any atom is 0.142 e. The van der Waals surface area contributed by atoms with E-state index in [0.717, 1.165) is 11.4 Å². The number of aromatic nitrogens is 1. The van der Waals surface area contributed by atoms with Crippen LogP contribution in [0.1, 0.15) is 5.69 Å². The van der Waals surface area contributed by atoms with Crippen LogP contribution in [0.15, 0.2) is 18.3 Å². The molecular formula is C8H12ClNO2. The number of hydrogen-bond donors (Lipinski definition) is 0. The van der Waals surface area contributed by atoms with Crippen LogP contribution in [0.5, 0.6) is 5.75 Å². The number of halogens is 1. The lowest BCUT2D eigenvalue weighted by molar-refractivity contribution is 0.178. The van der Waals surface area contributed by atoms with Gasteiger partial charge in [0.1, 0.15) is 11.4 Å². The molecule has 0 aromatic carbocycles. The Balaban J connectivity index is 0.00000121. The number of pyridine rings is 1. The molecule has 0 N–H and O–H groups in total. The average molecular weight is 190 g/mol. The summed E-state index contributed by atoms with van der Waals surface area (Å²) >= 11 is 0.